The summed E-state index contributed by atoms with van der Waals surface area (Å²) in [6.45, 7) is 0. The van der Waals surface area contributed by atoms with E-state index in [9.17, 15) is 14.7 Å². The molecule has 6 nitrogen and oxygen atoms in total. The fourth-order valence-corrected chi connectivity index (χ4v) is 1.39. The lowest BCUT2D eigenvalue weighted by atomic mass is 10.0. The number of carboxylic acids is 2. The first-order valence-corrected chi connectivity index (χ1v) is 4.96. The van der Waals surface area contributed by atoms with Crippen molar-refractivity contribution in [3.8, 4) is 11.5 Å². The fourth-order valence-electron chi connectivity index (χ4n) is 1.39. The van der Waals surface area contributed by atoms with Crippen LogP contribution < -0.4 is 4.74 Å². The summed E-state index contributed by atoms with van der Waals surface area (Å²) in [6.07, 6.45) is 0.569. The Morgan fingerprint density at radius 2 is 2.00 bits per heavy atom. The third-order valence-corrected chi connectivity index (χ3v) is 2.21. The number of phenolic OH excluding ortho intramolecular Hbond substituents is 1. The maximum absolute atomic E-state index is 10.8. The van der Waals surface area contributed by atoms with Gasteiger partial charge in [-0.15, -0.1) is 0 Å². The smallest absolute Gasteiger partial charge is 0.332 e. The van der Waals surface area contributed by atoms with E-state index in [1.165, 1.54) is 25.3 Å². The van der Waals surface area contributed by atoms with Gasteiger partial charge >= 0.3 is 11.9 Å². The number of phenols is 1. The minimum absolute atomic E-state index is 0.0691. The Morgan fingerprint density at radius 1 is 1.33 bits per heavy atom. The Labute approximate surface area is 103 Å². The molecule has 96 valence electrons. The van der Waals surface area contributed by atoms with E-state index < -0.39 is 11.9 Å². The Balaban J connectivity index is 3.01. The highest BCUT2D eigenvalue weighted by molar-refractivity contribution is 5.95. The average molecular weight is 252 g/mol. The summed E-state index contributed by atoms with van der Waals surface area (Å²) >= 11 is 0. The van der Waals surface area contributed by atoms with Crippen molar-refractivity contribution >= 4 is 11.9 Å². The standard InChI is InChI=1S/C12H12O6/c1-18-10-5-7(2-3-9(10)13)4-8(12(16)17)6-11(14)15/h2-3,5-6,13H,4H2,1H3,(H,14,15)(H,16,17)/b8-6-. The Morgan fingerprint density at radius 3 is 2.50 bits per heavy atom. The van der Waals surface area contributed by atoms with Crippen LogP contribution in [0.25, 0.3) is 0 Å². The van der Waals surface area contributed by atoms with Crippen LogP contribution in [0.1, 0.15) is 5.56 Å². The van der Waals surface area contributed by atoms with Crippen LogP contribution in [-0.2, 0) is 16.0 Å². The second-order valence-corrected chi connectivity index (χ2v) is 3.50. The minimum Gasteiger partial charge on any atom is -0.504 e. The zero-order chi connectivity index (χ0) is 13.7. The zero-order valence-electron chi connectivity index (χ0n) is 9.58. The van der Waals surface area contributed by atoms with Crippen LogP contribution in [0.5, 0.6) is 11.5 Å². The molecule has 18 heavy (non-hydrogen) atoms. The highest BCUT2D eigenvalue weighted by atomic mass is 16.5. The Kier molecular flexibility index (Phi) is 4.31. The van der Waals surface area contributed by atoms with E-state index in [0.29, 0.717) is 11.6 Å². The molecule has 1 aromatic carbocycles. The van der Waals surface area contributed by atoms with Gasteiger partial charge in [0.25, 0.3) is 0 Å². The van der Waals surface area contributed by atoms with Gasteiger partial charge in [-0.1, -0.05) is 6.07 Å². The number of hydrogen-bond acceptors (Lipinski definition) is 4. The predicted octanol–water partition coefficient (Wildman–Crippen LogP) is 1.04. The van der Waals surface area contributed by atoms with Crippen molar-refractivity contribution in [2.75, 3.05) is 7.11 Å². The number of ether oxygens (including phenoxy) is 1. The minimum atomic E-state index is -1.32. The molecule has 0 amide bonds. The van der Waals surface area contributed by atoms with E-state index >= 15 is 0 Å². The number of aliphatic carboxylic acids is 2. The molecular formula is C12H12O6. The van der Waals surface area contributed by atoms with Gasteiger partial charge in [0.1, 0.15) is 0 Å². The van der Waals surface area contributed by atoms with E-state index in [1.807, 2.05) is 0 Å². The van der Waals surface area contributed by atoms with Gasteiger partial charge in [0.2, 0.25) is 0 Å². The molecule has 0 spiro atoms. The molecule has 1 aromatic rings. The molecule has 0 saturated heterocycles. The molecule has 6 heteroatoms. The summed E-state index contributed by atoms with van der Waals surface area (Å²) in [7, 11) is 1.37. The van der Waals surface area contributed by atoms with Crippen LogP contribution in [-0.4, -0.2) is 34.4 Å². The molecule has 0 aromatic heterocycles. The lowest BCUT2D eigenvalue weighted by Gasteiger charge is -2.07. The van der Waals surface area contributed by atoms with Crippen molar-refractivity contribution in [3.05, 3.63) is 35.4 Å². The van der Waals surface area contributed by atoms with Crippen molar-refractivity contribution in [1.29, 1.82) is 0 Å². The molecule has 1 rings (SSSR count). The summed E-state index contributed by atoms with van der Waals surface area (Å²) in [5.41, 5.74) is 0.273. The van der Waals surface area contributed by atoms with Crippen LogP contribution in [0.2, 0.25) is 0 Å². The molecule has 0 atom stereocenters. The van der Waals surface area contributed by atoms with Crippen LogP contribution in [0.3, 0.4) is 0 Å². The monoisotopic (exact) mass is 252 g/mol. The lowest BCUT2D eigenvalue weighted by molar-refractivity contribution is -0.135. The van der Waals surface area contributed by atoms with E-state index in [0.717, 1.165) is 0 Å². The second-order valence-electron chi connectivity index (χ2n) is 3.50. The van der Waals surface area contributed by atoms with Crippen molar-refractivity contribution < 1.29 is 29.6 Å². The van der Waals surface area contributed by atoms with Gasteiger partial charge in [0.15, 0.2) is 11.5 Å². The second kappa shape index (κ2) is 5.72. The lowest BCUT2D eigenvalue weighted by Crippen LogP contribution is -2.07. The molecule has 0 aliphatic rings. The molecule has 0 aliphatic carbocycles. The maximum atomic E-state index is 10.8. The molecule has 0 aliphatic heterocycles. The molecule has 0 unspecified atom stereocenters. The van der Waals surface area contributed by atoms with Crippen molar-refractivity contribution in [3.63, 3.8) is 0 Å². The summed E-state index contributed by atoms with van der Waals surface area (Å²) in [6, 6.07) is 4.30. The van der Waals surface area contributed by atoms with Crippen molar-refractivity contribution in [1.82, 2.24) is 0 Å². The summed E-state index contributed by atoms with van der Waals surface area (Å²) in [5.74, 6) is -2.49. The number of benzene rings is 1. The number of carbonyl (C=O) groups is 2. The SMILES string of the molecule is COc1cc(C/C(=C/C(=O)O)C(=O)O)ccc1O. The zero-order valence-corrected chi connectivity index (χ0v) is 9.58. The first-order chi connectivity index (χ1) is 8.43. The van der Waals surface area contributed by atoms with Crippen molar-refractivity contribution in [2.45, 2.75) is 6.42 Å². The predicted molar refractivity (Wildman–Crippen MR) is 61.7 cm³/mol. The third kappa shape index (κ3) is 3.51. The number of aromatic hydroxyl groups is 1. The molecular weight excluding hydrogens is 240 g/mol. The molecule has 0 radical (unpaired) electrons. The Hall–Kier alpha value is -2.50. The van der Waals surface area contributed by atoms with Crippen molar-refractivity contribution in [2.24, 2.45) is 0 Å². The summed E-state index contributed by atoms with van der Waals surface area (Å²) < 4.78 is 4.88. The molecule has 0 saturated carbocycles. The first-order valence-electron chi connectivity index (χ1n) is 4.96. The molecule has 0 heterocycles. The van der Waals surface area contributed by atoms with Crippen LogP contribution in [0.15, 0.2) is 29.8 Å². The molecule has 3 N–H and O–H groups in total. The number of methoxy groups -OCH3 is 1. The Bertz CT molecular complexity index is 503. The first kappa shape index (κ1) is 13.6. The number of hydrogen-bond donors (Lipinski definition) is 3. The highest BCUT2D eigenvalue weighted by Crippen LogP contribution is 2.27. The van der Waals surface area contributed by atoms with Gasteiger partial charge in [0.05, 0.1) is 7.11 Å². The number of rotatable bonds is 5. The van der Waals surface area contributed by atoms with Crippen LogP contribution >= 0.6 is 0 Å². The summed E-state index contributed by atoms with van der Waals surface area (Å²) in [5, 5.41) is 26.8. The van der Waals surface area contributed by atoms with Gasteiger partial charge in [0, 0.05) is 18.1 Å². The highest BCUT2D eigenvalue weighted by Gasteiger charge is 2.12. The molecule has 0 fully saturated rings. The quantitative estimate of drug-likeness (QED) is 0.676. The van der Waals surface area contributed by atoms with Crippen LogP contribution in [0, 0.1) is 0 Å². The third-order valence-electron chi connectivity index (χ3n) is 2.21. The maximum Gasteiger partial charge on any atom is 0.332 e. The van der Waals surface area contributed by atoms with E-state index in [-0.39, 0.29) is 23.5 Å². The fraction of sp³-hybridized carbons (Fsp3) is 0.167. The van der Waals surface area contributed by atoms with Gasteiger partial charge < -0.3 is 20.1 Å². The average Bonchev–Trinajstić information content (AvgIpc) is 2.29. The summed E-state index contributed by atoms with van der Waals surface area (Å²) in [4.78, 5) is 21.3. The normalized spacial score (nSPS) is 11.1. The van der Waals surface area contributed by atoms with E-state index in [2.05, 4.69) is 0 Å². The van der Waals surface area contributed by atoms with E-state index in [1.54, 1.807) is 0 Å². The van der Waals surface area contributed by atoms with Gasteiger partial charge in [-0.2, -0.15) is 0 Å². The number of carboxylic acid groups (broad SMARTS) is 2. The van der Waals surface area contributed by atoms with Gasteiger partial charge in [-0.25, -0.2) is 9.59 Å². The molecule has 0 bridgehead atoms. The topological polar surface area (TPSA) is 104 Å². The van der Waals surface area contributed by atoms with E-state index in [4.69, 9.17) is 14.9 Å². The van der Waals surface area contributed by atoms with Gasteiger partial charge in [-0.3, -0.25) is 0 Å². The van der Waals surface area contributed by atoms with Crippen LogP contribution in [0.4, 0.5) is 0 Å². The van der Waals surface area contributed by atoms with Gasteiger partial charge in [-0.05, 0) is 17.7 Å². The largest absolute Gasteiger partial charge is 0.504 e.